The highest BCUT2D eigenvalue weighted by molar-refractivity contribution is 5.84. The number of piperidine rings is 1. The van der Waals surface area contributed by atoms with E-state index in [9.17, 15) is 14.4 Å². The van der Waals surface area contributed by atoms with Crippen LogP contribution >= 0.6 is 0 Å². The molecule has 0 bridgehead atoms. The minimum atomic E-state index is -0.920. The van der Waals surface area contributed by atoms with Crippen molar-refractivity contribution in [3.63, 3.8) is 0 Å². The molecule has 1 saturated heterocycles. The highest BCUT2D eigenvalue weighted by Crippen LogP contribution is 2.20. The lowest BCUT2D eigenvalue weighted by molar-refractivity contribution is -0.145. The maximum atomic E-state index is 12.3. The molecule has 2 rings (SSSR count). The monoisotopic (exact) mass is 348 g/mol. The van der Waals surface area contributed by atoms with Crippen LogP contribution < -0.4 is 5.32 Å². The fourth-order valence-corrected chi connectivity index (χ4v) is 3.03. The van der Waals surface area contributed by atoms with Crippen molar-refractivity contribution in [1.82, 2.24) is 10.2 Å². The lowest BCUT2D eigenvalue weighted by Gasteiger charge is -2.29. The number of rotatable bonds is 6. The Bertz CT molecular complexity index is 597. The number of benzene rings is 1. The van der Waals surface area contributed by atoms with Crippen LogP contribution in [0.25, 0.3) is 0 Å². The van der Waals surface area contributed by atoms with E-state index >= 15 is 0 Å². The summed E-state index contributed by atoms with van der Waals surface area (Å²) in [6.45, 7) is 0.884. The standard InChI is InChI=1S/C18H24N2O5/c1-25-17(22)15(11-13-5-3-2-4-6-13)19-16(21)12-14-7-9-20(10-8-14)18(23)24/h2-6,14-15H,7-12H2,1H3,(H,19,21)(H,23,24)/t15-/m0/s1. The third-order valence-corrected chi connectivity index (χ3v) is 4.46. The lowest BCUT2D eigenvalue weighted by atomic mass is 9.93. The van der Waals surface area contributed by atoms with Gasteiger partial charge in [0, 0.05) is 25.9 Å². The molecule has 1 atom stereocenters. The first-order valence-electron chi connectivity index (χ1n) is 8.38. The van der Waals surface area contributed by atoms with Crippen molar-refractivity contribution in [2.24, 2.45) is 5.92 Å². The smallest absolute Gasteiger partial charge is 0.407 e. The summed E-state index contributed by atoms with van der Waals surface area (Å²) in [7, 11) is 1.30. The molecule has 0 unspecified atom stereocenters. The number of esters is 1. The van der Waals surface area contributed by atoms with E-state index in [1.165, 1.54) is 12.0 Å². The molecular weight excluding hydrogens is 324 g/mol. The average molecular weight is 348 g/mol. The highest BCUT2D eigenvalue weighted by Gasteiger charge is 2.26. The topological polar surface area (TPSA) is 95.9 Å². The van der Waals surface area contributed by atoms with E-state index < -0.39 is 18.1 Å². The Hall–Kier alpha value is -2.57. The van der Waals surface area contributed by atoms with E-state index in [1.54, 1.807) is 0 Å². The molecule has 0 aromatic heterocycles. The van der Waals surface area contributed by atoms with E-state index in [2.05, 4.69) is 5.32 Å². The second-order valence-electron chi connectivity index (χ2n) is 6.25. The van der Waals surface area contributed by atoms with Crippen molar-refractivity contribution in [3.8, 4) is 0 Å². The first-order valence-corrected chi connectivity index (χ1v) is 8.38. The van der Waals surface area contributed by atoms with Crippen molar-refractivity contribution in [2.45, 2.75) is 31.7 Å². The van der Waals surface area contributed by atoms with E-state index in [0.717, 1.165) is 5.56 Å². The SMILES string of the molecule is COC(=O)[C@H](Cc1ccccc1)NC(=O)CC1CCN(C(=O)O)CC1. The summed E-state index contributed by atoms with van der Waals surface area (Å²) in [5.41, 5.74) is 0.938. The minimum absolute atomic E-state index is 0.130. The summed E-state index contributed by atoms with van der Waals surface area (Å²) < 4.78 is 4.79. The molecule has 1 aromatic rings. The van der Waals surface area contributed by atoms with Gasteiger partial charge in [-0.1, -0.05) is 30.3 Å². The molecule has 1 aromatic carbocycles. The van der Waals surface area contributed by atoms with Gasteiger partial charge in [-0.05, 0) is 24.3 Å². The molecule has 7 heteroatoms. The molecule has 136 valence electrons. The largest absolute Gasteiger partial charge is 0.467 e. The first-order chi connectivity index (χ1) is 12.0. The van der Waals surface area contributed by atoms with Gasteiger partial charge in [-0.2, -0.15) is 0 Å². The van der Waals surface area contributed by atoms with Gasteiger partial charge in [-0.25, -0.2) is 9.59 Å². The van der Waals surface area contributed by atoms with Crippen molar-refractivity contribution in [3.05, 3.63) is 35.9 Å². The minimum Gasteiger partial charge on any atom is -0.467 e. The molecule has 0 radical (unpaired) electrons. The van der Waals surface area contributed by atoms with Crippen molar-refractivity contribution in [1.29, 1.82) is 0 Å². The van der Waals surface area contributed by atoms with Gasteiger partial charge in [0.25, 0.3) is 0 Å². The average Bonchev–Trinajstić information content (AvgIpc) is 2.61. The van der Waals surface area contributed by atoms with Crippen molar-refractivity contribution in [2.75, 3.05) is 20.2 Å². The summed E-state index contributed by atoms with van der Waals surface area (Å²) in [6, 6.07) is 8.70. The second kappa shape index (κ2) is 9.05. The maximum Gasteiger partial charge on any atom is 0.407 e. The van der Waals surface area contributed by atoms with Gasteiger partial charge in [0.15, 0.2) is 0 Å². The summed E-state index contributed by atoms with van der Waals surface area (Å²) in [6.07, 6.45) is 1.05. The zero-order valence-corrected chi connectivity index (χ0v) is 14.3. The van der Waals surface area contributed by atoms with Crippen molar-refractivity contribution >= 4 is 18.0 Å². The van der Waals surface area contributed by atoms with Gasteiger partial charge in [0.2, 0.25) is 5.91 Å². The second-order valence-corrected chi connectivity index (χ2v) is 6.25. The quantitative estimate of drug-likeness (QED) is 0.763. The first kappa shape index (κ1) is 18.8. The summed E-state index contributed by atoms with van der Waals surface area (Å²) >= 11 is 0. The highest BCUT2D eigenvalue weighted by atomic mass is 16.5. The Balaban J connectivity index is 1.87. The fraction of sp³-hybridized carbons (Fsp3) is 0.500. The molecule has 2 N–H and O–H groups in total. The van der Waals surface area contributed by atoms with E-state index in [1.807, 2.05) is 30.3 Å². The van der Waals surface area contributed by atoms with Crippen LogP contribution in [0.3, 0.4) is 0 Å². The van der Waals surface area contributed by atoms with Gasteiger partial charge in [0.05, 0.1) is 7.11 Å². The van der Waals surface area contributed by atoms with Crippen LogP contribution in [0, 0.1) is 5.92 Å². The summed E-state index contributed by atoms with van der Waals surface area (Å²) in [5, 5.41) is 11.7. The van der Waals surface area contributed by atoms with E-state index in [4.69, 9.17) is 9.84 Å². The van der Waals surface area contributed by atoms with Crippen LogP contribution in [0.15, 0.2) is 30.3 Å². The zero-order valence-electron chi connectivity index (χ0n) is 14.3. The van der Waals surface area contributed by atoms with Gasteiger partial charge in [-0.3, -0.25) is 4.79 Å². The number of carbonyl (C=O) groups is 3. The van der Waals surface area contributed by atoms with Crippen LogP contribution in [0.5, 0.6) is 0 Å². The predicted octanol–water partition coefficient (Wildman–Crippen LogP) is 1.67. The predicted molar refractivity (Wildman–Crippen MR) is 91.0 cm³/mol. The molecular formula is C18H24N2O5. The third-order valence-electron chi connectivity index (χ3n) is 4.46. The van der Waals surface area contributed by atoms with Crippen LogP contribution in [0.4, 0.5) is 4.79 Å². The van der Waals surface area contributed by atoms with Crippen LogP contribution in [-0.4, -0.2) is 54.2 Å². The number of nitrogens with zero attached hydrogens (tertiary/aromatic N) is 1. The molecule has 1 heterocycles. The number of methoxy groups -OCH3 is 1. The number of likely N-dealkylation sites (tertiary alicyclic amines) is 1. The molecule has 1 aliphatic rings. The van der Waals surface area contributed by atoms with Gasteiger partial charge in [0.1, 0.15) is 6.04 Å². The molecule has 0 saturated carbocycles. The Morgan fingerprint density at radius 3 is 2.44 bits per heavy atom. The molecule has 0 aliphatic carbocycles. The van der Waals surface area contributed by atoms with Crippen molar-refractivity contribution < 1.29 is 24.2 Å². The zero-order chi connectivity index (χ0) is 18.2. The molecule has 25 heavy (non-hydrogen) atoms. The Morgan fingerprint density at radius 1 is 1.24 bits per heavy atom. The van der Waals surface area contributed by atoms with Crippen LogP contribution in [0.1, 0.15) is 24.8 Å². The number of carbonyl (C=O) groups excluding carboxylic acids is 2. The molecule has 7 nitrogen and oxygen atoms in total. The van der Waals surface area contributed by atoms with Crippen LogP contribution in [0.2, 0.25) is 0 Å². The normalized spacial score (nSPS) is 16.1. The van der Waals surface area contributed by atoms with Gasteiger partial charge in [-0.15, -0.1) is 0 Å². The number of carboxylic acid groups (broad SMARTS) is 1. The molecule has 1 aliphatic heterocycles. The van der Waals surface area contributed by atoms with Gasteiger partial charge < -0.3 is 20.1 Å². The number of hydrogen-bond donors (Lipinski definition) is 2. The van der Waals surface area contributed by atoms with Gasteiger partial charge >= 0.3 is 12.1 Å². The number of hydrogen-bond acceptors (Lipinski definition) is 4. The Morgan fingerprint density at radius 2 is 1.88 bits per heavy atom. The number of nitrogens with one attached hydrogen (secondary N) is 1. The molecule has 2 amide bonds. The maximum absolute atomic E-state index is 12.3. The lowest BCUT2D eigenvalue weighted by Crippen LogP contribution is -2.44. The third kappa shape index (κ3) is 5.77. The molecule has 0 spiro atoms. The van der Waals surface area contributed by atoms with E-state index in [0.29, 0.717) is 32.4 Å². The van der Waals surface area contributed by atoms with Crippen LogP contribution in [-0.2, 0) is 20.7 Å². The molecule has 1 fully saturated rings. The van der Waals surface area contributed by atoms with E-state index in [-0.39, 0.29) is 18.2 Å². The Kier molecular flexibility index (Phi) is 6.80. The number of amides is 2. The summed E-state index contributed by atoms with van der Waals surface area (Å²) in [4.78, 5) is 36.5. The fourth-order valence-electron chi connectivity index (χ4n) is 3.03. The Labute approximate surface area is 147 Å². The summed E-state index contributed by atoms with van der Waals surface area (Å²) in [5.74, 6) is -0.552. The number of ether oxygens (including phenoxy) is 1.